The van der Waals surface area contributed by atoms with Crippen molar-refractivity contribution in [2.45, 2.75) is 12.8 Å². The summed E-state index contributed by atoms with van der Waals surface area (Å²) in [5, 5.41) is 8.44. The van der Waals surface area contributed by atoms with E-state index in [2.05, 4.69) is 21.6 Å². The van der Waals surface area contributed by atoms with Crippen molar-refractivity contribution < 1.29 is 23.9 Å². The smallest absolute Gasteiger partial charge is 0.362 e. The predicted octanol–water partition coefficient (Wildman–Crippen LogP) is 0.477. The van der Waals surface area contributed by atoms with Crippen LogP contribution in [0, 0.1) is 23.2 Å². The highest BCUT2D eigenvalue weighted by Crippen LogP contribution is 2.34. The van der Waals surface area contributed by atoms with Gasteiger partial charge in [0.15, 0.2) is 17.2 Å². The highest BCUT2D eigenvalue weighted by molar-refractivity contribution is 7.51. The van der Waals surface area contributed by atoms with Gasteiger partial charge in [-0.3, -0.25) is 4.57 Å². The second kappa shape index (κ2) is 7.04. The minimum Gasteiger partial charge on any atom is -0.448 e. The Morgan fingerprint density at radius 1 is 1.50 bits per heavy atom. The van der Waals surface area contributed by atoms with Crippen LogP contribution < -0.4 is 5.73 Å². The molecule has 0 spiro atoms. The Hall–Kier alpha value is -1.90. The Balaban J connectivity index is 2.80. The summed E-state index contributed by atoms with van der Waals surface area (Å²) in [4.78, 5) is 33.1. The van der Waals surface area contributed by atoms with E-state index in [1.807, 2.05) is 6.07 Å². The van der Waals surface area contributed by atoms with Gasteiger partial charge in [0.05, 0.1) is 17.4 Å². The van der Waals surface area contributed by atoms with Crippen LogP contribution in [0.4, 0.5) is 5.13 Å². The first-order valence-electron chi connectivity index (χ1n) is 5.13. The van der Waals surface area contributed by atoms with Gasteiger partial charge in [0.2, 0.25) is 0 Å². The standard InChI is InChI=1S/C10H10N3O5PS/c11-5-3-1-2-4-7-8(13-10(12)20-7)9(14)18-6-19(15,16)17/h3-4,6H2,(H2,12,13)(H2,15,16,17). The number of nitriles is 1. The van der Waals surface area contributed by atoms with E-state index in [1.165, 1.54) is 0 Å². The molecule has 1 aromatic rings. The lowest BCUT2D eigenvalue weighted by molar-refractivity contribution is 0.0543. The van der Waals surface area contributed by atoms with Crippen molar-refractivity contribution in [2.24, 2.45) is 0 Å². The molecule has 0 aliphatic rings. The minimum atomic E-state index is -4.44. The summed E-state index contributed by atoms with van der Waals surface area (Å²) < 4.78 is 15.1. The largest absolute Gasteiger partial charge is 0.448 e. The SMILES string of the molecule is N#CCC#CCc1sc(N)nc1C(=O)OCP(=O)(O)O. The maximum Gasteiger partial charge on any atom is 0.362 e. The van der Waals surface area contributed by atoms with E-state index in [0.717, 1.165) is 11.3 Å². The van der Waals surface area contributed by atoms with E-state index in [4.69, 9.17) is 20.8 Å². The van der Waals surface area contributed by atoms with Crippen molar-refractivity contribution in [1.82, 2.24) is 4.98 Å². The van der Waals surface area contributed by atoms with Crippen molar-refractivity contribution in [3.05, 3.63) is 10.6 Å². The first kappa shape index (κ1) is 16.2. The van der Waals surface area contributed by atoms with Gasteiger partial charge in [0.1, 0.15) is 0 Å². The van der Waals surface area contributed by atoms with Gasteiger partial charge in [-0.1, -0.05) is 11.8 Å². The lowest BCUT2D eigenvalue weighted by Gasteiger charge is -2.04. The van der Waals surface area contributed by atoms with E-state index in [9.17, 15) is 9.36 Å². The molecule has 0 atom stereocenters. The Kier molecular flexibility index (Phi) is 5.68. The number of carbonyl (C=O) groups excluding carboxylic acids is 1. The van der Waals surface area contributed by atoms with Crippen LogP contribution in [0.1, 0.15) is 21.8 Å². The van der Waals surface area contributed by atoms with Gasteiger partial charge in [-0.25, -0.2) is 9.78 Å². The molecule has 0 fully saturated rings. The number of nitrogen functional groups attached to an aromatic ring is 1. The average molecular weight is 315 g/mol. The Labute approximate surface area is 118 Å². The molecule has 0 unspecified atom stereocenters. The normalized spacial score (nSPS) is 10.2. The molecule has 0 aliphatic heterocycles. The van der Waals surface area contributed by atoms with Gasteiger partial charge >= 0.3 is 13.6 Å². The third kappa shape index (κ3) is 5.39. The van der Waals surface area contributed by atoms with Crippen LogP contribution in [0.5, 0.6) is 0 Å². The number of thiazole rings is 1. The van der Waals surface area contributed by atoms with E-state index in [-0.39, 0.29) is 23.7 Å². The van der Waals surface area contributed by atoms with Gasteiger partial charge in [0.25, 0.3) is 0 Å². The topological polar surface area (TPSA) is 147 Å². The third-order valence-electron chi connectivity index (χ3n) is 1.81. The minimum absolute atomic E-state index is 0.0618. The second-order valence-electron chi connectivity index (χ2n) is 3.41. The number of rotatable bonds is 4. The maximum absolute atomic E-state index is 11.6. The zero-order chi connectivity index (χ0) is 15.2. The molecule has 1 aromatic heterocycles. The number of esters is 1. The van der Waals surface area contributed by atoms with Gasteiger partial charge in [-0.15, -0.1) is 11.3 Å². The molecule has 0 amide bonds. The number of hydrogen-bond donors (Lipinski definition) is 3. The van der Waals surface area contributed by atoms with Crippen molar-refractivity contribution in [2.75, 3.05) is 12.1 Å². The molecule has 0 saturated heterocycles. The Bertz CT molecular complexity index is 648. The molecule has 10 heteroatoms. The van der Waals surface area contributed by atoms with Crippen molar-refractivity contribution in [3.8, 4) is 17.9 Å². The first-order valence-corrected chi connectivity index (χ1v) is 7.74. The number of nitrogens with zero attached hydrogens (tertiary/aromatic N) is 2. The van der Waals surface area contributed by atoms with Crippen LogP contribution in [0.15, 0.2) is 0 Å². The van der Waals surface area contributed by atoms with Crippen LogP contribution in [0.3, 0.4) is 0 Å². The first-order chi connectivity index (χ1) is 9.33. The molecule has 0 saturated carbocycles. The van der Waals surface area contributed by atoms with Gasteiger partial charge in [-0.2, -0.15) is 5.26 Å². The molecule has 1 heterocycles. The monoisotopic (exact) mass is 315 g/mol. The zero-order valence-corrected chi connectivity index (χ0v) is 11.8. The third-order valence-corrected chi connectivity index (χ3v) is 3.16. The summed E-state index contributed by atoms with van der Waals surface area (Å²) in [5.41, 5.74) is 5.36. The van der Waals surface area contributed by atoms with Gasteiger partial charge in [0, 0.05) is 6.42 Å². The number of nitrogens with two attached hydrogens (primary N) is 1. The molecule has 0 radical (unpaired) electrons. The van der Waals surface area contributed by atoms with Crippen molar-refractivity contribution in [1.29, 1.82) is 5.26 Å². The van der Waals surface area contributed by atoms with E-state index >= 15 is 0 Å². The molecule has 0 bridgehead atoms. The zero-order valence-electron chi connectivity index (χ0n) is 10.1. The number of aromatic nitrogens is 1. The van der Waals surface area contributed by atoms with Crippen molar-refractivity contribution in [3.63, 3.8) is 0 Å². The van der Waals surface area contributed by atoms with E-state index < -0.39 is 19.9 Å². The number of hydrogen-bond acceptors (Lipinski definition) is 7. The fourth-order valence-electron chi connectivity index (χ4n) is 1.11. The van der Waals surface area contributed by atoms with Gasteiger partial charge in [-0.05, 0) is 0 Å². The summed E-state index contributed by atoms with van der Waals surface area (Å²) in [7, 11) is -4.44. The predicted molar refractivity (Wildman–Crippen MR) is 70.6 cm³/mol. The molecular formula is C10H10N3O5PS. The molecule has 4 N–H and O–H groups in total. The Morgan fingerprint density at radius 2 is 2.20 bits per heavy atom. The average Bonchev–Trinajstić information content (AvgIpc) is 2.72. The van der Waals surface area contributed by atoms with Crippen LogP contribution in [-0.4, -0.2) is 27.1 Å². The summed E-state index contributed by atoms with van der Waals surface area (Å²) >= 11 is 1.02. The summed E-state index contributed by atoms with van der Waals surface area (Å²) in [6.45, 7) is 0. The molecule has 1 rings (SSSR count). The number of anilines is 1. The quantitative estimate of drug-likeness (QED) is 0.413. The van der Waals surface area contributed by atoms with Crippen LogP contribution in [-0.2, 0) is 15.7 Å². The van der Waals surface area contributed by atoms with Crippen LogP contribution >= 0.6 is 18.9 Å². The van der Waals surface area contributed by atoms with E-state index in [0.29, 0.717) is 4.88 Å². The van der Waals surface area contributed by atoms with E-state index in [1.54, 1.807) is 0 Å². The fourth-order valence-corrected chi connectivity index (χ4v) is 2.15. The molecule has 106 valence electrons. The molecule has 8 nitrogen and oxygen atoms in total. The molecule has 0 aliphatic carbocycles. The van der Waals surface area contributed by atoms with Crippen LogP contribution in [0.25, 0.3) is 0 Å². The molecule has 20 heavy (non-hydrogen) atoms. The fraction of sp³-hybridized carbons (Fsp3) is 0.300. The molecule has 0 aromatic carbocycles. The summed E-state index contributed by atoms with van der Waals surface area (Å²) in [6.07, 6.45) is -0.814. The highest BCUT2D eigenvalue weighted by atomic mass is 32.1. The number of carbonyl (C=O) groups is 1. The summed E-state index contributed by atoms with van der Waals surface area (Å²) in [5.74, 6) is 4.26. The molecular weight excluding hydrogens is 305 g/mol. The highest BCUT2D eigenvalue weighted by Gasteiger charge is 2.22. The van der Waals surface area contributed by atoms with Crippen molar-refractivity contribution >= 4 is 30.0 Å². The Morgan fingerprint density at radius 3 is 2.80 bits per heavy atom. The summed E-state index contributed by atoms with van der Waals surface area (Å²) in [6, 6.07) is 1.84. The lowest BCUT2D eigenvalue weighted by atomic mass is 10.3. The second-order valence-corrected chi connectivity index (χ2v) is 6.12. The lowest BCUT2D eigenvalue weighted by Crippen LogP contribution is -2.09. The maximum atomic E-state index is 11.6. The van der Waals surface area contributed by atoms with Crippen LogP contribution in [0.2, 0.25) is 0 Å². The van der Waals surface area contributed by atoms with Gasteiger partial charge < -0.3 is 20.3 Å². The number of ether oxygens (including phenoxy) is 1.